The second-order valence-electron chi connectivity index (χ2n) is 6.08. The number of rotatable bonds is 8. The number of carbonyl (C=O) groups excluding carboxylic acids is 1. The molecule has 6 nitrogen and oxygen atoms in total. The van der Waals surface area contributed by atoms with Crippen LogP contribution in [0.4, 0.5) is 8.78 Å². The molecule has 0 aliphatic carbocycles. The molecule has 2 N–H and O–H groups in total. The molecule has 0 atom stereocenters. The highest BCUT2D eigenvalue weighted by atomic mass is 19.3. The fraction of sp³-hybridized carbons (Fsp3) is 0.190. The van der Waals surface area contributed by atoms with E-state index >= 15 is 0 Å². The van der Waals surface area contributed by atoms with Crippen LogP contribution >= 0.6 is 0 Å². The number of amides is 1. The Hall–Kier alpha value is -3.55. The van der Waals surface area contributed by atoms with Gasteiger partial charge in [-0.15, -0.1) is 0 Å². The third-order valence-electron chi connectivity index (χ3n) is 4.01. The second kappa shape index (κ2) is 9.09. The summed E-state index contributed by atoms with van der Waals surface area (Å²) in [6, 6.07) is 13.2. The summed E-state index contributed by atoms with van der Waals surface area (Å²) in [4.78, 5) is 19.8. The van der Waals surface area contributed by atoms with Crippen LogP contribution in [0.2, 0.25) is 0 Å². The number of ether oxygens (including phenoxy) is 2. The number of alkyl halides is 2. The topological polar surface area (TPSA) is 87.3 Å². The maximum absolute atomic E-state index is 12.5. The summed E-state index contributed by atoms with van der Waals surface area (Å²) in [6.45, 7) is -0.633. The largest absolute Gasteiger partial charge is 0.492 e. The summed E-state index contributed by atoms with van der Waals surface area (Å²) >= 11 is 0. The van der Waals surface area contributed by atoms with Gasteiger partial charge in [-0.05, 0) is 42.8 Å². The molecule has 0 aliphatic rings. The quantitative estimate of drug-likeness (QED) is 0.622. The Labute approximate surface area is 166 Å². The number of benzene rings is 1. The summed E-state index contributed by atoms with van der Waals surface area (Å²) in [7, 11) is 0. The van der Waals surface area contributed by atoms with Crippen LogP contribution in [0.3, 0.4) is 0 Å². The van der Waals surface area contributed by atoms with E-state index in [9.17, 15) is 13.6 Å². The maximum atomic E-state index is 12.5. The molecule has 0 saturated heterocycles. The molecule has 3 aromatic rings. The van der Waals surface area contributed by atoms with Gasteiger partial charge in [-0.2, -0.15) is 8.78 Å². The van der Waals surface area contributed by atoms with Crippen molar-refractivity contribution in [3.63, 3.8) is 0 Å². The SMILES string of the molecule is CCOc1ccc(Cc2ccc(C(N)=O)nc2)nc1-c1cccc(OC(F)F)c1. The van der Waals surface area contributed by atoms with E-state index in [-0.39, 0.29) is 11.4 Å². The summed E-state index contributed by atoms with van der Waals surface area (Å²) in [5, 5.41) is 0. The standard InChI is InChI=1S/C21H19F2N3O3/c1-2-28-18-9-7-15(10-13-6-8-17(20(24)27)25-12-13)26-19(18)14-4-3-5-16(11-14)29-21(22)23/h3-9,11-12,21H,2,10H2,1H3,(H2,24,27). The van der Waals surface area contributed by atoms with Gasteiger partial charge in [0.05, 0.1) is 6.61 Å². The summed E-state index contributed by atoms with van der Waals surface area (Å²) in [5.74, 6) is -0.0185. The molecule has 8 heteroatoms. The molecule has 150 valence electrons. The van der Waals surface area contributed by atoms with Gasteiger partial charge >= 0.3 is 6.61 Å². The summed E-state index contributed by atoms with van der Waals surface area (Å²) < 4.78 is 35.2. The van der Waals surface area contributed by atoms with Crippen molar-refractivity contribution in [2.45, 2.75) is 20.0 Å². The number of halogens is 2. The minimum absolute atomic E-state index is 0.0402. The van der Waals surface area contributed by atoms with Crippen molar-refractivity contribution in [3.05, 3.63) is 71.7 Å². The van der Waals surface area contributed by atoms with Gasteiger partial charge in [-0.25, -0.2) is 4.98 Å². The fourth-order valence-corrected chi connectivity index (χ4v) is 2.77. The van der Waals surface area contributed by atoms with Crippen molar-refractivity contribution in [2.75, 3.05) is 6.61 Å². The normalized spacial score (nSPS) is 10.8. The zero-order valence-electron chi connectivity index (χ0n) is 15.6. The highest BCUT2D eigenvalue weighted by molar-refractivity contribution is 5.90. The lowest BCUT2D eigenvalue weighted by atomic mass is 10.1. The van der Waals surface area contributed by atoms with Crippen LogP contribution in [0.25, 0.3) is 11.3 Å². The smallest absolute Gasteiger partial charge is 0.387 e. The molecule has 0 aliphatic heterocycles. The minimum atomic E-state index is -2.91. The first-order valence-electron chi connectivity index (χ1n) is 8.89. The van der Waals surface area contributed by atoms with Gasteiger partial charge in [0, 0.05) is 23.9 Å². The van der Waals surface area contributed by atoms with Gasteiger partial charge in [0.2, 0.25) is 0 Å². The maximum Gasteiger partial charge on any atom is 0.387 e. The van der Waals surface area contributed by atoms with E-state index in [2.05, 4.69) is 14.7 Å². The van der Waals surface area contributed by atoms with Gasteiger partial charge in [0.15, 0.2) is 0 Å². The van der Waals surface area contributed by atoms with Gasteiger partial charge in [-0.1, -0.05) is 18.2 Å². The molecular weight excluding hydrogens is 380 g/mol. The minimum Gasteiger partial charge on any atom is -0.492 e. The van der Waals surface area contributed by atoms with Crippen molar-refractivity contribution in [3.8, 4) is 22.8 Å². The molecule has 0 saturated carbocycles. The third-order valence-corrected chi connectivity index (χ3v) is 4.01. The lowest BCUT2D eigenvalue weighted by Crippen LogP contribution is -2.12. The van der Waals surface area contributed by atoms with Crippen molar-refractivity contribution >= 4 is 5.91 Å². The van der Waals surface area contributed by atoms with Crippen LogP contribution in [0.1, 0.15) is 28.7 Å². The number of hydrogen-bond acceptors (Lipinski definition) is 5. The average Bonchev–Trinajstić information content (AvgIpc) is 2.69. The Morgan fingerprint density at radius 3 is 2.66 bits per heavy atom. The van der Waals surface area contributed by atoms with Crippen molar-refractivity contribution in [1.29, 1.82) is 0 Å². The second-order valence-corrected chi connectivity index (χ2v) is 6.08. The van der Waals surface area contributed by atoms with Crippen molar-refractivity contribution < 1.29 is 23.0 Å². The van der Waals surface area contributed by atoms with E-state index in [1.807, 2.05) is 13.0 Å². The molecule has 0 bridgehead atoms. The molecular formula is C21H19F2N3O3. The first-order valence-corrected chi connectivity index (χ1v) is 8.89. The number of pyridine rings is 2. The summed E-state index contributed by atoms with van der Waals surface area (Å²) in [5.41, 5.74) is 8.06. The molecule has 0 radical (unpaired) electrons. The van der Waals surface area contributed by atoms with Gasteiger partial charge < -0.3 is 15.2 Å². The summed E-state index contributed by atoms with van der Waals surface area (Å²) in [6.07, 6.45) is 2.02. The molecule has 29 heavy (non-hydrogen) atoms. The molecule has 0 spiro atoms. The van der Waals surface area contributed by atoms with Crippen LogP contribution in [0.15, 0.2) is 54.7 Å². The van der Waals surface area contributed by atoms with Gasteiger partial charge in [-0.3, -0.25) is 9.78 Å². The first-order chi connectivity index (χ1) is 14.0. The van der Waals surface area contributed by atoms with Crippen molar-refractivity contribution in [1.82, 2.24) is 9.97 Å². The fourth-order valence-electron chi connectivity index (χ4n) is 2.77. The Balaban J connectivity index is 1.92. The number of nitrogens with two attached hydrogens (primary N) is 1. The number of hydrogen-bond donors (Lipinski definition) is 1. The Kier molecular flexibility index (Phi) is 6.33. The molecule has 2 aromatic heterocycles. The van der Waals surface area contributed by atoms with Gasteiger partial charge in [0.1, 0.15) is 22.9 Å². The van der Waals surface area contributed by atoms with E-state index in [0.717, 1.165) is 11.3 Å². The molecule has 0 unspecified atom stereocenters. The van der Waals surface area contributed by atoms with E-state index < -0.39 is 12.5 Å². The lowest BCUT2D eigenvalue weighted by molar-refractivity contribution is -0.0498. The molecule has 3 rings (SSSR count). The molecule has 0 fully saturated rings. The number of carbonyl (C=O) groups is 1. The zero-order valence-corrected chi connectivity index (χ0v) is 15.6. The van der Waals surface area contributed by atoms with Crippen LogP contribution in [-0.2, 0) is 6.42 Å². The number of primary amides is 1. The first kappa shape index (κ1) is 20.2. The Morgan fingerprint density at radius 1 is 1.17 bits per heavy atom. The Bertz CT molecular complexity index is 995. The van der Waals surface area contributed by atoms with Crippen LogP contribution < -0.4 is 15.2 Å². The van der Waals surface area contributed by atoms with E-state index in [1.165, 1.54) is 12.1 Å². The molecule has 1 amide bonds. The highest BCUT2D eigenvalue weighted by Crippen LogP contribution is 2.31. The molecule has 1 aromatic carbocycles. The average molecular weight is 399 g/mol. The van der Waals surface area contributed by atoms with Crippen LogP contribution in [-0.4, -0.2) is 29.1 Å². The van der Waals surface area contributed by atoms with Crippen LogP contribution in [0, 0.1) is 0 Å². The van der Waals surface area contributed by atoms with Gasteiger partial charge in [0.25, 0.3) is 5.91 Å². The number of aromatic nitrogens is 2. The third kappa shape index (κ3) is 5.25. The van der Waals surface area contributed by atoms with E-state index in [4.69, 9.17) is 10.5 Å². The predicted molar refractivity (Wildman–Crippen MR) is 103 cm³/mol. The monoisotopic (exact) mass is 399 g/mol. The lowest BCUT2D eigenvalue weighted by Gasteiger charge is -2.13. The van der Waals surface area contributed by atoms with Crippen molar-refractivity contribution in [2.24, 2.45) is 5.73 Å². The Morgan fingerprint density at radius 2 is 2.00 bits per heavy atom. The van der Waals surface area contributed by atoms with Crippen LogP contribution in [0.5, 0.6) is 11.5 Å². The predicted octanol–water partition coefficient (Wildman–Crippen LogP) is 3.83. The highest BCUT2D eigenvalue weighted by Gasteiger charge is 2.13. The number of nitrogens with zero attached hydrogens (tertiary/aromatic N) is 2. The van der Waals surface area contributed by atoms with E-state index in [1.54, 1.807) is 36.5 Å². The van der Waals surface area contributed by atoms with E-state index in [0.29, 0.717) is 30.0 Å². The zero-order chi connectivity index (χ0) is 20.8. The molecule has 2 heterocycles.